The number of sulfonamides is 1. The average Bonchev–Trinajstić information content (AvgIpc) is 3.10. The van der Waals surface area contributed by atoms with Crippen LogP contribution in [0.3, 0.4) is 0 Å². The third kappa shape index (κ3) is 5.35. The third-order valence-electron chi connectivity index (χ3n) is 5.22. The molecule has 174 valence electrons. The second kappa shape index (κ2) is 10.1. The highest BCUT2D eigenvalue weighted by Crippen LogP contribution is 2.22. The predicted molar refractivity (Wildman–Crippen MR) is 119 cm³/mol. The van der Waals surface area contributed by atoms with Crippen molar-refractivity contribution in [1.82, 2.24) is 14.3 Å². The summed E-state index contributed by atoms with van der Waals surface area (Å²) in [5.74, 6) is -1.68. The summed E-state index contributed by atoms with van der Waals surface area (Å²) in [4.78, 5) is 32.1. The molecule has 2 heterocycles. The van der Waals surface area contributed by atoms with E-state index in [1.807, 2.05) is 0 Å². The Hall–Kier alpha value is -3.37. The highest BCUT2D eigenvalue weighted by atomic mass is 32.2. The second-order valence-corrected chi connectivity index (χ2v) is 9.34. The minimum Gasteiger partial charge on any atom is -0.464 e. The van der Waals surface area contributed by atoms with Gasteiger partial charge in [-0.1, -0.05) is 6.07 Å². The third-order valence-corrected chi connectivity index (χ3v) is 7.08. The smallest absolute Gasteiger partial charge is 0.354 e. The van der Waals surface area contributed by atoms with Gasteiger partial charge in [0.15, 0.2) is 5.78 Å². The molecule has 0 aliphatic heterocycles. The summed E-state index contributed by atoms with van der Waals surface area (Å²) in [5.41, 5.74) is 1.84. The molecule has 2 aromatic heterocycles. The molecule has 1 N–H and O–H groups in total. The van der Waals surface area contributed by atoms with Crippen LogP contribution in [0.2, 0.25) is 0 Å². The monoisotopic (exact) mass is 473 g/mol. The molecule has 0 aliphatic rings. The molecule has 0 amide bonds. The first-order valence-electron chi connectivity index (χ1n) is 10.1. The number of ketones is 1. The number of H-pyrrole nitrogens is 1. The Morgan fingerprint density at radius 3 is 2.42 bits per heavy atom. The first kappa shape index (κ1) is 24.3. The fourth-order valence-corrected chi connectivity index (χ4v) is 4.94. The first-order valence-corrected chi connectivity index (χ1v) is 11.6. The van der Waals surface area contributed by atoms with Gasteiger partial charge in [0.05, 0.1) is 18.6 Å². The summed E-state index contributed by atoms with van der Waals surface area (Å²) in [6, 6.07) is 9.71. The zero-order chi connectivity index (χ0) is 24.2. The molecule has 0 unspecified atom stereocenters. The maximum atomic E-state index is 13.4. The van der Waals surface area contributed by atoms with E-state index in [1.165, 1.54) is 7.11 Å². The number of methoxy groups -OCH3 is 1. The number of hydrogen-bond acceptors (Lipinski definition) is 6. The highest BCUT2D eigenvalue weighted by Gasteiger charge is 2.30. The van der Waals surface area contributed by atoms with Gasteiger partial charge in [0, 0.05) is 36.1 Å². The van der Waals surface area contributed by atoms with E-state index in [1.54, 1.807) is 38.2 Å². The molecule has 0 aliphatic carbocycles. The van der Waals surface area contributed by atoms with Crippen LogP contribution in [-0.4, -0.2) is 54.6 Å². The number of Topliss-reactive ketones (excluding diaryl/α,β-unsaturated/α-hetero) is 1. The van der Waals surface area contributed by atoms with Gasteiger partial charge >= 0.3 is 5.97 Å². The lowest BCUT2D eigenvalue weighted by atomic mass is 10.1. The number of carbonyl (C=O) groups is 2. The maximum Gasteiger partial charge on any atom is 0.354 e. The van der Waals surface area contributed by atoms with Crippen molar-refractivity contribution in [2.24, 2.45) is 0 Å². The van der Waals surface area contributed by atoms with E-state index in [9.17, 15) is 22.4 Å². The fourth-order valence-electron chi connectivity index (χ4n) is 3.54. The van der Waals surface area contributed by atoms with Gasteiger partial charge < -0.3 is 9.72 Å². The van der Waals surface area contributed by atoms with Gasteiger partial charge in [-0.15, -0.1) is 0 Å². The number of nitrogens with one attached hydrogen (secondary N) is 1. The number of aryl methyl sites for hydroxylation is 1. The fraction of sp³-hybridized carbons (Fsp3) is 0.261. The molecule has 33 heavy (non-hydrogen) atoms. The number of benzene rings is 1. The Kier molecular flexibility index (Phi) is 7.39. The van der Waals surface area contributed by atoms with E-state index in [0.717, 1.165) is 28.6 Å². The number of aromatic amines is 1. The van der Waals surface area contributed by atoms with E-state index in [-0.39, 0.29) is 29.1 Å². The van der Waals surface area contributed by atoms with Crippen molar-refractivity contribution < 1.29 is 27.1 Å². The Labute approximate surface area is 191 Å². The molecular formula is C23H24FN3O5S. The number of pyridine rings is 1. The number of halogens is 1. The lowest BCUT2D eigenvalue weighted by molar-refractivity contribution is 0.0593. The van der Waals surface area contributed by atoms with Crippen LogP contribution in [-0.2, 0) is 21.2 Å². The highest BCUT2D eigenvalue weighted by molar-refractivity contribution is 7.89. The normalized spacial score (nSPS) is 11.5. The zero-order valence-corrected chi connectivity index (χ0v) is 19.3. The minimum atomic E-state index is -4.11. The molecule has 0 fully saturated rings. The number of rotatable bonds is 9. The summed E-state index contributed by atoms with van der Waals surface area (Å²) in [6.07, 6.45) is 1.87. The first-order chi connectivity index (χ1) is 15.6. The molecule has 0 atom stereocenters. The SMILES string of the molecule is COC(=O)c1[nH]c(C)c(C(=O)CN(CCc2ccccn2)S(=O)(=O)c2ccc(F)cc2)c1C. The topological polar surface area (TPSA) is 109 Å². The van der Waals surface area contributed by atoms with Gasteiger partial charge in [-0.2, -0.15) is 4.31 Å². The molecule has 0 bridgehead atoms. The van der Waals surface area contributed by atoms with E-state index in [4.69, 9.17) is 4.74 Å². The lowest BCUT2D eigenvalue weighted by Crippen LogP contribution is -2.37. The van der Waals surface area contributed by atoms with Crippen LogP contribution >= 0.6 is 0 Å². The van der Waals surface area contributed by atoms with Crippen molar-refractivity contribution in [3.63, 3.8) is 0 Å². The Bertz CT molecular complexity index is 1260. The van der Waals surface area contributed by atoms with E-state index >= 15 is 0 Å². The molecule has 0 saturated carbocycles. The van der Waals surface area contributed by atoms with Crippen LogP contribution in [0.5, 0.6) is 0 Å². The quantitative estimate of drug-likeness (QED) is 0.378. The van der Waals surface area contributed by atoms with Gasteiger partial charge in [0.1, 0.15) is 11.5 Å². The summed E-state index contributed by atoms with van der Waals surface area (Å²) in [5, 5.41) is 0. The van der Waals surface area contributed by atoms with Crippen molar-refractivity contribution in [2.45, 2.75) is 25.2 Å². The van der Waals surface area contributed by atoms with E-state index in [0.29, 0.717) is 17.0 Å². The van der Waals surface area contributed by atoms with Crippen molar-refractivity contribution in [2.75, 3.05) is 20.2 Å². The van der Waals surface area contributed by atoms with Gasteiger partial charge in [0.2, 0.25) is 10.0 Å². The van der Waals surface area contributed by atoms with Crippen molar-refractivity contribution in [3.8, 4) is 0 Å². The molecular weight excluding hydrogens is 449 g/mol. The van der Waals surface area contributed by atoms with Crippen molar-refractivity contribution >= 4 is 21.8 Å². The van der Waals surface area contributed by atoms with E-state index < -0.39 is 34.1 Å². The summed E-state index contributed by atoms with van der Waals surface area (Å²) in [6.45, 7) is 2.73. The number of aromatic nitrogens is 2. The molecule has 0 radical (unpaired) electrons. The standard InChI is InChI=1S/C23H24FN3O5S/c1-15-21(16(2)26-22(15)23(29)32-3)20(28)14-27(13-11-18-6-4-5-12-25-18)33(30,31)19-9-7-17(24)8-10-19/h4-10,12,26H,11,13-14H2,1-3H3. The Morgan fingerprint density at radius 1 is 1.12 bits per heavy atom. The zero-order valence-electron chi connectivity index (χ0n) is 18.5. The van der Waals surface area contributed by atoms with E-state index in [2.05, 4.69) is 9.97 Å². The number of nitrogens with zero attached hydrogens (tertiary/aromatic N) is 2. The van der Waals surface area contributed by atoms with Crippen LogP contribution in [0.4, 0.5) is 4.39 Å². The number of esters is 1. The minimum absolute atomic E-state index is 0.0190. The second-order valence-electron chi connectivity index (χ2n) is 7.40. The van der Waals surface area contributed by atoms with Crippen molar-refractivity contribution in [1.29, 1.82) is 0 Å². The molecule has 0 spiro atoms. The Balaban J connectivity index is 1.94. The van der Waals surface area contributed by atoms with Gasteiger partial charge in [-0.3, -0.25) is 9.78 Å². The van der Waals surface area contributed by atoms with Gasteiger partial charge in [-0.25, -0.2) is 17.6 Å². The van der Waals surface area contributed by atoms with Crippen LogP contribution in [0.15, 0.2) is 53.6 Å². The molecule has 10 heteroatoms. The van der Waals surface area contributed by atoms with Crippen LogP contribution in [0, 0.1) is 19.7 Å². The molecule has 3 rings (SSSR count). The predicted octanol–water partition coefficient (Wildman–Crippen LogP) is 3.07. The maximum absolute atomic E-state index is 13.4. The van der Waals surface area contributed by atoms with Crippen LogP contribution < -0.4 is 0 Å². The van der Waals surface area contributed by atoms with Gasteiger partial charge in [-0.05, 0) is 55.8 Å². The summed E-state index contributed by atoms with van der Waals surface area (Å²) >= 11 is 0. The van der Waals surface area contributed by atoms with Crippen LogP contribution in [0.25, 0.3) is 0 Å². The lowest BCUT2D eigenvalue weighted by Gasteiger charge is -2.22. The molecule has 8 nitrogen and oxygen atoms in total. The number of carbonyl (C=O) groups excluding carboxylic acids is 2. The van der Waals surface area contributed by atoms with Gasteiger partial charge in [0.25, 0.3) is 0 Å². The van der Waals surface area contributed by atoms with Crippen LogP contribution in [0.1, 0.15) is 37.8 Å². The summed E-state index contributed by atoms with van der Waals surface area (Å²) < 4.78 is 45.7. The molecule has 3 aromatic rings. The largest absolute Gasteiger partial charge is 0.464 e. The Morgan fingerprint density at radius 2 is 1.82 bits per heavy atom. The molecule has 0 saturated heterocycles. The molecule has 1 aromatic carbocycles. The summed E-state index contributed by atoms with van der Waals surface area (Å²) in [7, 11) is -2.88. The van der Waals surface area contributed by atoms with Crippen molar-refractivity contribution in [3.05, 3.63) is 82.7 Å². The average molecular weight is 474 g/mol. The number of ether oxygens (including phenoxy) is 1. The number of hydrogen-bond donors (Lipinski definition) is 1.